The van der Waals surface area contributed by atoms with Crippen molar-refractivity contribution in [2.24, 2.45) is 0 Å². The Balaban J connectivity index is 2.90. The lowest BCUT2D eigenvalue weighted by Gasteiger charge is -2.08. The minimum atomic E-state index is -0.485. The van der Waals surface area contributed by atoms with Crippen LogP contribution in [0.25, 0.3) is 0 Å². The number of benzene rings is 1. The molecule has 20 heavy (non-hydrogen) atoms. The van der Waals surface area contributed by atoms with Crippen LogP contribution in [0.15, 0.2) is 30.4 Å². The number of nitro groups is 1. The predicted molar refractivity (Wildman–Crippen MR) is 79.0 cm³/mol. The van der Waals surface area contributed by atoms with E-state index >= 15 is 0 Å². The fraction of sp³-hybridized carbons (Fsp3) is 0.357. The third-order valence-electron chi connectivity index (χ3n) is 2.66. The SMILES string of the molecule is C/C=C/CCNc1ccc(C(=O)NCC)cc1[N+](=O)[O-]. The van der Waals surface area contributed by atoms with Crippen molar-refractivity contribution in [3.05, 3.63) is 46.0 Å². The summed E-state index contributed by atoms with van der Waals surface area (Å²) in [6.45, 7) is 4.80. The molecule has 6 heteroatoms. The fourth-order valence-corrected chi connectivity index (χ4v) is 1.69. The molecular formula is C14H19N3O3. The van der Waals surface area contributed by atoms with Crippen molar-refractivity contribution in [1.82, 2.24) is 5.32 Å². The van der Waals surface area contributed by atoms with Gasteiger partial charge in [0.15, 0.2) is 0 Å². The van der Waals surface area contributed by atoms with Gasteiger partial charge in [0.1, 0.15) is 5.69 Å². The normalized spacial score (nSPS) is 10.5. The predicted octanol–water partition coefficient (Wildman–Crippen LogP) is 2.72. The molecule has 0 atom stereocenters. The second-order valence-corrected chi connectivity index (χ2v) is 4.13. The van der Waals surface area contributed by atoms with Crippen LogP contribution in [0.5, 0.6) is 0 Å². The lowest BCUT2D eigenvalue weighted by molar-refractivity contribution is -0.384. The van der Waals surface area contributed by atoms with E-state index in [0.29, 0.717) is 18.8 Å². The first-order valence-electron chi connectivity index (χ1n) is 6.51. The number of nitro benzene ring substituents is 1. The maximum atomic E-state index is 11.7. The van der Waals surface area contributed by atoms with Gasteiger partial charge in [-0.15, -0.1) is 0 Å². The van der Waals surface area contributed by atoms with Gasteiger partial charge in [0.25, 0.3) is 11.6 Å². The maximum Gasteiger partial charge on any atom is 0.293 e. The van der Waals surface area contributed by atoms with Crippen molar-refractivity contribution in [1.29, 1.82) is 0 Å². The van der Waals surface area contributed by atoms with E-state index in [1.54, 1.807) is 19.1 Å². The maximum absolute atomic E-state index is 11.7. The first kappa shape index (κ1) is 15.7. The number of allylic oxidation sites excluding steroid dienone is 1. The molecule has 0 aromatic heterocycles. The van der Waals surface area contributed by atoms with Gasteiger partial charge in [0, 0.05) is 24.7 Å². The van der Waals surface area contributed by atoms with Crippen LogP contribution < -0.4 is 10.6 Å². The lowest BCUT2D eigenvalue weighted by atomic mass is 10.1. The zero-order valence-corrected chi connectivity index (χ0v) is 11.7. The number of hydrogen-bond acceptors (Lipinski definition) is 4. The summed E-state index contributed by atoms with van der Waals surface area (Å²) in [4.78, 5) is 22.2. The highest BCUT2D eigenvalue weighted by Gasteiger charge is 2.16. The van der Waals surface area contributed by atoms with Crippen LogP contribution >= 0.6 is 0 Å². The molecule has 0 heterocycles. The van der Waals surface area contributed by atoms with E-state index in [1.165, 1.54) is 6.07 Å². The molecule has 0 spiro atoms. The quantitative estimate of drug-likeness (QED) is 0.347. The summed E-state index contributed by atoms with van der Waals surface area (Å²) < 4.78 is 0. The van der Waals surface area contributed by atoms with Gasteiger partial charge < -0.3 is 10.6 Å². The summed E-state index contributed by atoms with van der Waals surface area (Å²) in [5.41, 5.74) is 0.624. The topological polar surface area (TPSA) is 84.3 Å². The van der Waals surface area contributed by atoms with E-state index in [4.69, 9.17) is 0 Å². The standard InChI is InChI=1S/C14H19N3O3/c1-3-5-6-9-16-12-8-7-11(14(18)15-4-2)10-13(12)17(19)20/h3,5,7-8,10,16H,4,6,9H2,1-2H3,(H,15,18)/b5-3+. The number of hydrogen-bond donors (Lipinski definition) is 2. The average Bonchev–Trinajstić information content (AvgIpc) is 2.43. The molecule has 1 amide bonds. The number of amides is 1. The Kier molecular flexibility index (Phi) is 6.22. The molecule has 0 fully saturated rings. The van der Waals surface area contributed by atoms with Crippen molar-refractivity contribution >= 4 is 17.3 Å². The monoisotopic (exact) mass is 277 g/mol. The zero-order chi connectivity index (χ0) is 15.0. The number of rotatable bonds is 7. The van der Waals surface area contributed by atoms with Gasteiger partial charge in [-0.3, -0.25) is 14.9 Å². The molecule has 0 aliphatic carbocycles. The lowest BCUT2D eigenvalue weighted by Crippen LogP contribution is -2.22. The first-order chi connectivity index (χ1) is 9.60. The van der Waals surface area contributed by atoms with E-state index < -0.39 is 4.92 Å². The largest absolute Gasteiger partial charge is 0.379 e. The highest BCUT2D eigenvalue weighted by atomic mass is 16.6. The summed E-state index contributed by atoms with van der Waals surface area (Å²) in [6.07, 6.45) is 4.68. The summed E-state index contributed by atoms with van der Waals surface area (Å²) >= 11 is 0. The number of nitrogens with one attached hydrogen (secondary N) is 2. The van der Waals surface area contributed by atoms with Crippen LogP contribution in [0.4, 0.5) is 11.4 Å². The van der Waals surface area contributed by atoms with Crippen LogP contribution in [0.2, 0.25) is 0 Å². The smallest absolute Gasteiger partial charge is 0.293 e. The zero-order valence-electron chi connectivity index (χ0n) is 11.7. The molecule has 6 nitrogen and oxygen atoms in total. The Morgan fingerprint density at radius 3 is 2.80 bits per heavy atom. The summed E-state index contributed by atoms with van der Waals surface area (Å²) in [5, 5.41) is 16.7. The van der Waals surface area contributed by atoms with Gasteiger partial charge in [-0.25, -0.2) is 0 Å². The van der Waals surface area contributed by atoms with Crippen molar-refractivity contribution in [2.45, 2.75) is 20.3 Å². The van der Waals surface area contributed by atoms with Gasteiger partial charge >= 0.3 is 0 Å². The molecule has 0 bridgehead atoms. The number of anilines is 1. The van der Waals surface area contributed by atoms with Crippen LogP contribution in [0, 0.1) is 10.1 Å². The first-order valence-corrected chi connectivity index (χ1v) is 6.51. The number of carbonyl (C=O) groups is 1. The van der Waals surface area contributed by atoms with Crippen molar-refractivity contribution in [3.8, 4) is 0 Å². The molecule has 2 N–H and O–H groups in total. The van der Waals surface area contributed by atoms with Gasteiger partial charge in [-0.2, -0.15) is 0 Å². The molecule has 108 valence electrons. The Hall–Kier alpha value is -2.37. The van der Waals surface area contributed by atoms with Crippen LogP contribution in [-0.2, 0) is 0 Å². The van der Waals surface area contributed by atoms with Gasteiger partial charge in [-0.1, -0.05) is 12.2 Å². The molecule has 1 aromatic carbocycles. The molecule has 0 aliphatic rings. The molecule has 0 unspecified atom stereocenters. The second-order valence-electron chi connectivity index (χ2n) is 4.13. The Bertz CT molecular complexity index is 512. The molecule has 1 aromatic rings. The van der Waals surface area contributed by atoms with Gasteiger partial charge in [0.05, 0.1) is 4.92 Å². The third-order valence-corrected chi connectivity index (χ3v) is 2.66. The van der Waals surface area contributed by atoms with Crippen LogP contribution in [0.1, 0.15) is 30.6 Å². The Morgan fingerprint density at radius 1 is 1.45 bits per heavy atom. The van der Waals surface area contributed by atoms with Crippen LogP contribution in [0.3, 0.4) is 0 Å². The summed E-state index contributed by atoms with van der Waals surface area (Å²) in [6, 6.07) is 4.44. The average molecular weight is 277 g/mol. The van der Waals surface area contributed by atoms with E-state index in [2.05, 4.69) is 10.6 Å². The van der Waals surface area contributed by atoms with Crippen LogP contribution in [-0.4, -0.2) is 23.9 Å². The highest BCUT2D eigenvalue weighted by molar-refractivity contribution is 5.95. The minimum Gasteiger partial charge on any atom is -0.379 e. The van der Waals surface area contributed by atoms with E-state index in [1.807, 2.05) is 19.1 Å². The Morgan fingerprint density at radius 2 is 2.20 bits per heavy atom. The number of nitrogens with zero attached hydrogens (tertiary/aromatic N) is 1. The second kappa shape index (κ2) is 7.93. The third kappa shape index (κ3) is 4.38. The van der Waals surface area contributed by atoms with Crippen molar-refractivity contribution in [2.75, 3.05) is 18.4 Å². The summed E-state index contributed by atoms with van der Waals surface area (Å²) in [7, 11) is 0. The Labute approximate surface area is 118 Å². The number of carbonyl (C=O) groups excluding carboxylic acids is 1. The molecule has 0 saturated heterocycles. The van der Waals surface area contributed by atoms with E-state index in [0.717, 1.165) is 6.42 Å². The molecule has 0 radical (unpaired) electrons. The van der Waals surface area contributed by atoms with Crippen molar-refractivity contribution in [3.63, 3.8) is 0 Å². The molecular weight excluding hydrogens is 258 g/mol. The molecule has 0 saturated carbocycles. The van der Waals surface area contributed by atoms with Gasteiger partial charge in [-0.05, 0) is 32.4 Å². The fourth-order valence-electron chi connectivity index (χ4n) is 1.69. The van der Waals surface area contributed by atoms with Crippen molar-refractivity contribution < 1.29 is 9.72 Å². The highest BCUT2D eigenvalue weighted by Crippen LogP contribution is 2.25. The minimum absolute atomic E-state index is 0.0887. The molecule has 0 aliphatic heterocycles. The van der Waals surface area contributed by atoms with E-state index in [-0.39, 0.29) is 17.2 Å². The van der Waals surface area contributed by atoms with Gasteiger partial charge in [0.2, 0.25) is 0 Å². The summed E-state index contributed by atoms with van der Waals surface area (Å²) in [5.74, 6) is -0.309. The van der Waals surface area contributed by atoms with E-state index in [9.17, 15) is 14.9 Å². The molecule has 1 rings (SSSR count).